The number of ether oxygens (including phenoxy) is 10. The first kappa shape index (κ1) is 70.7. The largest absolute Gasteiger partial charge is 0.463 e. The number of rotatable bonds is 12. The molecule has 3 aromatic rings. The molecule has 12 atom stereocenters. The van der Waals surface area contributed by atoms with E-state index in [1.807, 2.05) is 0 Å². The first-order chi connectivity index (χ1) is 39.1. The summed E-state index contributed by atoms with van der Waals surface area (Å²) in [5.74, 6) is -6.09. The normalized spacial score (nSPS) is 24.3. The van der Waals surface area contributed by atoms with Gasteiger partial charge in [0.2, 0.25) is 12.4 Å². The molecule has 6 heterocycles. The van der Waals surface area contributed by atoms with Gasteiger partial charge in [0.1, 0.15) is 66.2 Å². The molecule has 0 saturated carbocycles. The van der Waals surface area contributed by atoms with Gasteiger partial charge in [0.15, 0.2) is 30.8 Å². The number of anilines is 1. The van der Waals surface area contributed by atoms with Crippen molar-refractivity contribution in [2.75, 3.05) is 25.6 Å². The Balaban J connectivity index is 0.000000309. The fourth-order valence-electron chi connectivity index (χ4n) is 7.34. The molecule has 0 aromatic carbocycles. The second-order valence-electron chi connectivity index (χ2n) is 17.3. The van der Waals surface area contributed by atoms with Gasteiger partial charge in [-0.15, -0.1) is 0 Å². The summed E-state index contributed by atoms with van der Waals surface area (Å²) in [6, 6.07) is 0. The van der Waals surface area contributed by atoms with E-state index in [0.717, 1.165) is 41.5 Å². The Morgan fingerprint density at radius 3 is 1.41 bits per heavy atom. The predicted molar refractivity (Wildman–Crippen MR) is 250 cm³/mol. The number of hydrogen-bond donors (Lipinski definition) is 7. The molecule has 6 rings (SSSR count). The second-order valence-corrected chi connectivity index (χ2v) is 17.3. The Kier molecular flexibility index (Phi) is 24.4. The quantitative estimate of drug-likeness (QED) is 0.0593. The van der Waals surface area contributed by atoms with Crippen molar-refractivity contribution in [3.8, 4) is 0 Å². The molecule has 3 saturated heterocycles. The molecule has 0 bridgehead atoms. The Morgan fingerprint density at radius 1 is 0.553 bits per heavy atom. The number of aliphatic hydroxyl groups is 3. The molecule has 0 amide bonds. The van der Waals surface area contributed by atoms with E-state index in [-0.39, 0.29) is 12.8 Å². The summed E-state index contributed by atoms with van der Waals surface area (Å²) in [6.07, 6.45) is -30.4. The number of aromatic nitrogens is 6. The molecule has 8 N–H and O–H groups in total. The first-order valence-corrected chi connectivity index (χ1v) is 23.4. The van der Waals surface area contributed by atoms with Crippen molar-refractivity contribution in [2.24, 2.45) is 0 Å². The van der Waals surface area contributed by atoms with Gasteiger partial charge in [0.25, 0.3) is 11.1 Å². The zero-order valence-electron chi connectivity index (χ0n) is 44.4. The fourth-order valence-corrected chi connectivity index (χ4v) is 7.34. The summed E-state index contributed by atoms with van der Waals surface area (Å²) >= 11 is 0. The average molecular weight is 1250 g/mol. The van der Waals surface area contributed by atoms with E-state index in [2.05, 4.69) is 4.98 Å². The highest BCUT2D eigenvalue weighted by molar-refractivity contribution is 5.69. The summed E-state index contributed by atoms with van der Waals surface area (Å²) in [6.45, 7) is 6.25. The van der Waals surface area contributed by atoms with E-state index < -0.39 is 198 Å². The molecule has 3 aliphatic rings. The van der Waals surface area contributed by atoms with Crippen LogP contribution in [0.3, 0.4) is 0 Å². The maximum Gasteiger partial charge on any atom is 0.423 e. The van der Waals surface area contributed by atoms with E-state index in [1.54, 1.807) is 4.98 Å². The highest BCUT2D eigenvalue weighted by Gasteiger charge is 2.53. The maximum absolute atomic E-state index is 13.1. The van der Waals surface area contributed by atoms with Crippen LogP contribution in [0, 0.1) is 0 Å². The predicted octanol–water partition coefficient (Wildman–Crippen LogP) is -1.88. The number of H-pyrrole nitrogens is 3. The molecule has 3 aromatic heterocycles. The Hall–Kier alpha value is -8.54. The number of nitrogens with one attached hydrogen (secondary N) is 3. The van der Waals surface area contributed by atoms with Crippen LogP contribution in [0.15, 0.2) is 42.6 Å². The van der Waals surface area contributed by atoms with Gasteiger partial charge in [-0.1, -0.05) is 0 Å². The highest BCUT2D eigenvalue weighted by Crippen LogP contribution is 2.37. The van der Waals surface area contributed by atoms with E-state index in [9.17, 15) is 107 Å². The van der Waals surface area contributed by atoms with Crippen LogP contribution in [0.1, 0.15) is 77.6 Å². The van der Waals surface area contributed by atoms with E-state index >= 15 is 0 Å². The van der Waals surface area contributed by atoms with Gasteiger partial charge in [0, 0.05) is 67.1 Å². The van der Waals surface area contributed by atoms with Crippen molar-refractivity contribution in [1.29, 1.82) is 0 Å². The third-order valence-electron chi connectivity index (χ3n) is 10.7. The summed E-state index contributed by atoms with van der Waals surface area (Å²) in [4.78, 5) is 142. The van der Waals surface area contributed by atoms with Crippen LogP contribution in [0.2, 0.25) is 0 Å². The molecule has 41 heteroatoms. The van der Waals surface area contributed by atoms with Gasteiger partial charge >= 0.3 is 77.4 Å². The number of carbonyl (C=O) groups is 7. The van der Waals surface area contributed by atoms with E-state index in [0.29, 0.717) is 21.5 Å². The smallest absolute Gasteiger partial charge is 0.423 e. The zero-order valence-corrected chi connectivity index (χ0v) is 44.4. The van der Waals surface area contributed by atoms with Gasteiger partial charge in [-0.2, -0.15) is 44.5 Å². The van der Waals surface area contributed by atoms with Crippen LogP contribution >= 0.6 is 0 Å². The molecule has 474 valence electrons. The Labute approximate surface area is 465 Å². The van der Waals surface area contributed by atoms with Gasteiger partial charge < -0.3 is 73.4 Å². The van der Waals surface area contributed by atoms with Crippen molar-refractivity contribution in [3.63, 3.8) is 0 Å². The van der Waals surface area contributed by atoms with Crippen LogP contribution in [0.5, 0.6) is 0 Å². The van der Waals surface area contributed by atoms with Crippen molar-refractivity contribution in [1.82, 2.24) is 29.1 Å². The van der Waals surface area contributed by atoms with Crippen molar-refractivity contribution in [3.05, 3.63) is 87.4 Å². The van der Waals surface area contributed by atoms with Gasteiger partial charge in [-0.25, -0.2) is 14.4 Å². The molecule has 32 nitrogen and oxygen atoms in total. The summed E-state index contributed by atoms with van der Waals surface area (Å²) in [7, 11) is 0. The summed E-state index contributed by atoms with van der Waals surface area (Å²) in [5.41, 5.74) is -6.02. The Bertz CT molecular complexity index is 3210. The van der Waals surface area contributed by atoms with E-state index in [4.69, 9.17) is 58.2 Å². The lowest BCUT2D eigenvalue weighted by Gasteiger charge is -2.24. The average Bonchev–Trinajstić information content (AvgIpc) is 2.02. The highest BCUT2D eigenvalue weighted by atomic mass is 19.4. The van der Waals surface area contributed by atoms with Crippen LogP contribution in [0.25, 0.3) is 0 Å². The minimum atomic E-state index is -5.11. The van der Waals surface area contributed by atoms with Crippen molar-refractivity contribution >= 4 is 47.6 Å². The van der Waals surface area contributed by atoms with Crippen LogP contribution in [-0.4, -0.2) is 167 Å². The number of aliphatic hydroxyl groups excluding tert-OH is 3. The van der Waals surface area contributed by atoms with Crippen molar-refractivity contribution in [2.45, 2.75) is 141 Å². The number of nitrogens with zero attached hydrogens (tertiary/aromatic N) is 3. The molecule has 3 aliphatic heterocycles. The summed E-state index contributed by atoms with van der Waals surface area (Å²) < 4.78 is 164. The van der Waals surface area contributed by atoms with E-state index in [1.165, 1.54) is 16.9 Å². The molecule has 0 aliphatic carbocycles. The number of halogens is 9. The number of nitrogen functional groups attached to an aromatic ring is 1. The number of nitrogens with two attached hydrogens (primary N) is 1. The lowest BCUT2D eigenvalue weighted by atomic mass is 10.1. The topological polar surface area (TPSA) is 454 Å². The minimum absolute atomic E-state index is 0.196. The van der Waals surface area contributed by atoms with Crippen LogP contribution < -0.4 is 33.9 Å². The number of alkyl halides is 9. The number of carbonyl (C=O) groups excluding carboxylic acids is 7. The van der Waals surface area contributed by atoms with Gasteiger partial charge in [-0.3, -0.25) is 62.3 Å². The lowest BCUT2D eigenvalue weighted by molar-refractivity contribution is -0.197. The lowest BCUT2D eigenvalue weighted by Crippen LogP contribution is -2.43. The monoisotopic (exact) mass is 1250 g/mol. The van der Waals surface area contributed by atoms with Crippen molar-refractivity contribution < 1.29 is 136 Å². The zero-order chi connectivity index (χ0) is 65.0. The Morgan fingerprint density at radius 2 is 0.976 bits per heavy atom. The molecule has 4 unspecified atom stereocenters. The van der Waals surface area contributed by atoms with Crippen LogP contribution in [0.4, 0.5) is 45.3 Å². The van der Waals surface area contributed by atoms with Gasteiger partial charge in [0.05, 0.1) is 6.61 Å². The third-order valence-corrected chi connectivity index (χ3v) is 10.7. The minimum Gasteiger partial charge on any atom is -0.463 e. The standard InChI is InChI=1S/C16H17F3N2O9.C13H18O9.C10H12F3N3O5.C5H3F3N2O2/c1-6(22)27-5-10-11(28-7(2)23)12(29-8(3)24)14(30-10)21-4-9(16(17,18)19)13(25)20-15(21)26;1-6(14)18-5-10-11(19-7(2)15)12(20-8(3)16)13(22-10)21-9(4)17;11-10(12,13)3-1-16(9(20)15-7(3)14)8-6(19)5(18)4(2-17)21-8;6-5(7,8)2-1-9-4(12)10-3(2)11/h4,10-12,14H,5H2,1-3H3,(H,20,25,26);10-13H,5H2,1-4H3;1,4-6,8,17-19H,2H2,(H2,14,15,20);1H,(H2,9,10,11,12)/t10-,11+,12?,14-;10-,11+,12?,13?;4-,5+,6?,8-;/m111./s1. The van der Waals surface area contributed by atoms with Crippen LogP contribution in [-0.2, 0) is 99.5 Å². The molecule has 0 spiro atoms. The molecule has 0 radical (unpaired) electrons. The first-order valence-electron chi connectivity index (χ1n) is 23.4. The number of esters is 7. The molecule has 85 heavy (non-hydrogen) atoms. The summed E-state index contributed by atoms with van der Waals surface area (Å²) in [5, 5.41) is 28.2. The molecule has 3 fully saturated rings. The number of aromatic amines is 3. The SMILES string of the molecule is CC(=O)OC[C@H]1OC(OC(C)=O)C(OC(C)=O)[C@H]1OC(C)=O.CC(=O)OC[C@H]1O[C@@H](n2cc(C(F)(F)F)c(=O)[nH]c2=O)C(OC(C)=O)[C@H]1OC(C)=O.Nc1nc(=O)n([C@@H]2O[C@H](CO)[C@H](O)C2O)cc1C(F)(F)F.O=c1[nH]cc(C(F)(F)F)c(=O)[nH]1. The second kappa shape index (κ2) is 29.3. The van der Waals surface area contributed by atoms with Gasteiger partial charge in [-0.05, 0) is 0 Å². The molecular weight excluding hydrogens is 1200 g/mol. The fraction of sp³-hybridized carbons (Fsp3) is 0.568. The maximum atomic E-state index is 13.1. The third kappa shape index (κ3) is 20.1. The molecular formula is C44H50F9N7O25. The number of hydrogen-bond acceptors (Lipinski definition) is 27.